The summed E-state index contributed by atoms with van der Waals surface area (Å²) in [5.41, 5.74) is 1.13. The Kier molecular flexibility index (Phi) is 5.31. The minimum atomic E-state index is -3.40. The van der Waals surface area contributed by atoms with Gasteiger partial charge in [-0.3, -0.25) is 0 Å². The van der Waals surface area contributed by atoms with Crippen LogP contribution < -0.4 is 0 Å². The quantitative estimate of drug-likeness (QED) is 0.796. The molecule has 1 aromatic carbocycles. The van der Waals surface area contributed by atoms with E-state index in [-0.39, 0.29) is 0 Å². The van der Waals surface area contributed by atoms with E-state index in [1.54, 1.807) is 26.3 Å². The molecule has 102 valence electrons. The van der Waals surface area contributed by atoms with E-state index in [2.05, 4.69) is 13.8 Å². The van der Waals surface area contributed by atoms with Crippen LogP contribution in [-0.2, 0) is 14.8 Å². The van der Waals surface area contributed by atoms with Gasteiger partial charge in [-0.1, -0.05) is 26.0 Å². The number of hydrogen-bond donors (Lipinski definition) is 0. The molecule has 0 N–H and O–H groups in total. The van der Waals surface area contributed by atoms with Crippen LogP contribution in [0.5, 0.6) is 0 Å². The zero-order chi connectivity index (χ0) is 13.8. The average Bonchev–Trinajstić information content (AvgIpc) is 2.35. The van der Waals surface area contributed by atoms with Gasteiger partial charge in [-0.05, 0) is 23.6 Å². The Morgan fingerprint density at radius 3 is 2.22 bits per heavy atom. The highest BCUT2D eigenvalue weighted by atomic mass is 32.2. The lowest BCUT2D eigenvalue weighted by molar-refractivity contribution is 0.185. The lowest BCUT2D eigenvalue weighted by Gasteiger charge is -2.17. The van der Waals surface area contributed by atoms with Crippen LogP contribution in [0.1, 0.15) is 25.3 Å². The number of nitrogens with zero attached hydrogens (tertiary/aromatic N) is 1. The summed E-state index contributed by atoms with van der Waals surface area (Å²) < 4.78 is 30.6. The van der Waals surface area contributed by atoms with Crippen LogP contribution in [0, 0.1) is 0 Å². The van der Waals surface area contributed by atoms with E-state index in [9.17, 15) is 8.42 Å². The molecular weight excluding hydrogens is 250 g/mol. The van der Waals surface area contributed by atoms with Crippen molar-refractivity contribution in [2.24, 2.45) is 0 Å². The Labute approximate surface area is 110 Å². The molecule has 0 atom stereocenters. The SMILES string of the molecule is COCCN(C)S(=O)(=O)c1ccc(C(C)C)cc1. The number of ether oxygens (including phenoxy) is 1. The van der Waals surface area contributed by atoms with Crippen molar-refractivity contribution in [1.82, 2.24) is 4.31 Å². The average molecular weight is 271 g/mol. The molecule has 5 heteroatoms. The summed E-state index contributed by atoms with van der Waals surface area (Å²) in [7, 11) is -0.287. The molecule has 0 aliphatic carbocycles. The van der Waals surface area contributed by atoms with Gasteiger partial charge in [0.2, 0.25) is 10.0 Å². The van der Waals surface area contributed by atoms with Gasteiger partial charge in [0.1, 0.15) is 0 Å². The molecule has 0 unspecified atom stereocenters. The van der Waals surface area contributed by atoms with Gasteiger partial charge >= 0.3 is 0 Å². The fourth-order valence-electron chi connectivity index (χ4n) is 1.54. The van der Waals surface area contributed by atoms with Crippen LogP contribution >= 0.6 is 0 Å². The molecule has 0 aliphatic heterocycles. The van der Waals surface area contributed by atoms with E-state index in [1.807, 2.05) is 12.1 Å². The molecule has 18 heavy (non-hydrogen) atoms. The number of methoxy groups -OCH3 is 1. The first-order valence-electron chi connectivity index (χ1n) is 5.95. The molecule has 0 heterocycles. The highest BCUT2D eigenvalue weighted by molar-refractivity contribution is 7.89. The monoisotopic (exact) mass is 271 g/mol. The van der Waals surface area contributed by atoms with Crippen LogP contribution in [0.4, 0.5) is 0 Å². The van der Waals surface area contributed by atoms with Gasteiger partial charge in [-0.15, -0.1) is 0 Å². The largest absolute Gasteiger partial charge is 0.383 e. The maximum Gasteiger partial charge on any atom is 0.242 e. The van der Waals surface area contributed by atoms with Crippen molar-refractivity contribution in [3.8, 4) is 0 Å². The Bertz CT molecular complexity index is 466. The molecule has 0 aliphatic rings. The van der Waals surface area contributed by atoms with Gasteiger partial charge in [0.25, 0.3) is 0 Å². The molecule has 1 aromatic rings. The highest BCUT2D eigenvalue weighted by Gasteiger charge is 2.20. The summed E-state index contributed by atoms with van der Waals surface area (Å²) in [6, 6.07) is 7.05. The Balaban J connectivity index is 2.91. The molecule has 0 saturated carbocycles. The molecule has 1 rings (SSSR count). The van der Waals surface area contributed by atoms with Crippen molar-refractivity contribution in [3.63, 3.8) is 0 Å². The lowest BCUT2D eigenvalue weighted by Crippen LogP contribution is -2.30. The molecule has 0 aromatic heterocycles. The Morgan fingerprint density at radius 1 is 1.22 bits per heavy atom. The molecular formula is C13H21NO3S. The van der Waals surface area contributed by atoms with Crippen LogP contribution in [0.2, 0.25) is 0 Å². The summed E-state index contributed by atoms with van der Waals surface area (Å²) >= 11 is 0. The normalized spacial score (nSPS) is 12.3. The molecule has 0 bridgehead atoms. The first-order chi connectivity index (χ1) is 8.39. The summed E-state index contributed by atoms with van der Waals surface area (Å²) in [4.78, 5) is 0.325. The fourth-order valence-corrected chi connectivity index (χ4v) is 2.70. The smallest absolute Gasteiger partial charge is 0.242 e. The maximum atomic E-state index is 12.2. The third-order valence-electron chi connectivity index (χ3n) is 2.87. The van der Waals surface area contributed by atoms with E-state index < -0.39 is 10.0 Å². The van der Waals surface area contributed by atoms with Crippen molar-refractivity contribution < 1.29 is 13.2 Å². The predicted octanol–water partition coefficient (Wildman–Crippen LogP) is 2.08. The number of rotatable bonds is 6. The van der Waals surface area contributed by atoms with Crippen molar-refractivity contribution >= 4 is 10.0 Å². The third kappa shape index (κ3) is 3.54. The van der Waals surface area contributed by atoms with E-state index in [0.29, 0.717) is 24.0 Å². The number of likely N-dealkylation sites (N-methyl/N-ethyl adjacent to an activating group) is 1. The number of hydrogen-bond acceptors (Lipinski definition) is 3. The zero-order valence-electron chi connectivity index (χ0n) is 11.4. The molecule has 0 fully saturated rings. The van der Waals surface area contributed by atoms with E-state index in [1.165, 1.54) is 4.31 Å². The van der Waals surface area contributed by atoms with Crippen LogP contribution in [0.15, 0.2) is 29.2 Å². The topological polar surface area (TPSA) is 46.6 Å². The first-order valence-corrected chi connectivity index (χ1v) is 7.39. The van der Waals surface area contributed by atoms with E-state index in [0.717, 1.165) is 5.56 Å². The summed E-state index contributed by atoms with van der Waals surface area (Å²) in [5.74, 6) is 0.396. The van der Waals surface area contributed by atoms with Gasteiger partial charge in [0.05, 0.1) is 11.5 Å². The van der Waals surface area contributed by atoms with E-state index >= 15 is 0 Å². The van der Waals surface area contributed by atoms with Crippen LogP contribution in [-0.4, -0.2) is 40.0 Å². The molecule has 0 spiro atoms. The number of sulfonamides is 1. The number of benzene rings is 1. The van der Waals surface area contributed by atoms with Gasteiger partial charge < -0.3 is 4.74 Å². The second-order valence-corrected chi connectivity index (χ2v) is 6.59. The van der Waals surface area contributed by atoms with Crippen LogP contribution in [0.3, 0.4) is 0 Å². The van der Waals surface area contributed by atoms with E-state index in [4.69, 9.17) is 4.74 Å². The van der Waals surface area contributed by atoms with Gasteiger partial charge in [0.15, 0.2) is 0 Å². The summed E-state index contributed by atoms with van der Waals surface area (Å²) in [6.07, 6.45) is 0. The summed E-state index contributed by atoms with van der Waals surface area (Å²) in [6.45, 7) is 4.90. The molecule has 0 amide bonds. The fraction of sp³-hybridized carbons (Fsp3) is 0.538. The maximum absolute atomic E-state index is 12.2. The minimum Gasteiger partial charge on any atom is -0.383 e. The minimum absolute atomic E-state index is 0.325. The predicted molar refractivity (Wildman–Crippen MR) is 72.2 cm³/mol. The first kappa shape index (κ1) is 15.1. The van der Waals surface area contributed by atoms with Gasteiger partial charge in [-0.2, -0.15) is 4.31 Å². The second-order valence-electron chi connectivity index (χ2n) is 4.54. The molecule has 4 nitrogen and oxygen atoms in total. The molecule has 0 radical (unpaired) electrons. The van der Waals surface area contributed by atoms with Crippen molar-refractivity contribution in [2.75, 3.05) is 27.3 Å². The molecule has 0 saturated heterocycles. The Morgan fingerprint density at radius 2 is 1.78 bits per heavy atom. The van der Waals surface area contributed by atoms with Crippen molar-refractivity contribution in [2.45, 2.75) is 24.7 Å². The highest BCUT2D eigenvalue weighted by Crippen LogP contribution is 2.19. The van der Waals surface area contributed by atoms with Gasteiger partial charge in [-0.25, -0.2) is 8.42 Å². The van der Waals surface area contributed by atoms with Crippen molar-refractivity contribution in [3.05, 3.63) is 29.8 Å². The Hall–Kier alpha value is -0.910. The van der Waals surface area contributed by atoms with Crippen LogP contribution in [0.25, 0.3) is 0 Å². The summed E-state index contributed by atoms with van der Waals surface area (Å²) in [5, 5.41) is 0. The third-order valence-corrected chi connectivity index (χ3v) is 4.74. The second kappa shape index (κ2) is 6.31. The lowest BCUT2D eigenvalue weighted by atomic mass is 10.0. The van der Waals surface area contributed by atoms with Gasteiger partial charge in [0, 0.05) is 20.7 Å². The standard InChI is InChI=1S/C13H21NO3S/c1-11(2)12-5-7-13(8-6-12)18(15,16)14(3)9-10-17-4/h5-8,11H,9-10H2,1-4H3. The zero-order valence-corrected chi connectivity index (χ0v) is 12.2. The van der Waals surface area contributed by atoms with Crippen molar-refractivity contribution in [1.29, 1.82) is 0 Å².